The van der Waals surface area contributed by atoms with E-state index >= 15 is 0 Å². The number of nitrogens with zero attached hydrogens (tertiary/aromatic N) is 2. The second kappa shape index (κ2) is 18.6. The van der Waals surface area contributed by atoms with Crippen molar-refractivity contribution in [3.8, 4) is 0 Å². The highest BCUT2D eigenvalue weighted by Crippen LogP contribution is 2.21. The summed E-state index contributed by atoms with van der Waals surface area (Å²) >= 11 is -13.7. The van der Waals surface area contributed by atoms with E-state index in [1.165, 1.54) is 86.8 Å². The van der Waals surface area contributed by atoms with Gasteiger partial charge in [0.2, 0.25) is 0 Å². The average Bonchev–Trinajstić information content (AvgIpc) is 3.28. The zero-order chi connectivity index (χ0) is 26.9. The van der Waals surface area contributed by atoms with E-state index in [4.69, 9.17) is 9.47 Å². The van der Waals surface area contributed by atoms with Crippen molar-refractivity contribution in [1.82, 2.24) is 0 Å². The largest absolute Gasteiger partial charge is 1.04 e. The summed E-state index contributed by atoms with van der Waals surface area (Å²) in [6, 6.07) is 0. The van der Waals surface area contributed by atoms with Gasteiger partial charge in [0, 0.05) is 45.8 Å². The molecule has 0 aromatic heterocycles. The predicted molar refractivity (Wildman–Crippen MR) is 122 cm³/mol. The minimum atomic E-state index is -6.83. The molecule has 2 heterocycles. The van der Waals surface area contributed by atoms with Crippen molar-refractivity contribution < 1.29 is 46.6 Å². The molecule has 2 saturated heterocycles. The monoisotopic (exact) mass is 550 g/mol. The van der Waals surface area contributed by atoms with Gasteiger partial charge >= 0.3 is 29.8 Å². The zero-order valence-electron chi connectivity index (χ0n) is 21.4. The lowest BCUT2D eigenvalue weighted by molar-refractivity contribution is -0.937. The first-order valence-electron chi connectivity index (χ1n) is 11.9. The summed E-state index contributed by atoms with van der Waals surface area (Å²) in [6.07, 6.45) is 8.22. The van der Waals surface area contributed by atoms with Gasteiger partial charge in [0.1, 0.15) is 0 Å². The Bertz CT molecular complexity index is 462. The third-order valence-corrected chi connectivity index (χ3v) is 5.57. The summed E-state index contributed by atoms with van der Waals surface area (Å²) in [7, 11) is 3.64. The first-order valence-corrected chi connectivity index (χ1v) is 15.4. The molecule has 208 valence electrons. The Morgan fingerprint density at radius 2 is 1.00 bits per heavy atom. The molecular formula is C20H44Al2F8N2O2. The highest BCUT2D eigenvalue weighted by molar-refractivity contribution is 6.50. The molecule has 0 aliphatic carbocycles. The molecule has 0 radical (unpaired) electrons. The molecule has 34 heavy (non-hydrogen) atoms. The van der Waals surface area contributed by atoms with Gasteiger partial charge in [-0.3, -0.25) is 0 Å². The maximum absolute atomic E-state index is 9.85. The fourth-order valence-corrected chi connectivity index (χ4v) is 4.61. The normalized spacial score (nSPS) is 18.9. The maximum atomic E-state index is 9.85. The fourth-order valence-electron chi connectivity index (χ4n) is 4.61. The lowest BCUT2D eigenvalue weighted by atomic mass is 10.2. The second-order valence-electron chi connectivity index (χ2n) is 9.47. The third kappa shape index (κ3) is 24.1. The molecule has 0 spiro atoms. The Hall–Kier alpha value is 0.345. The van der Waals surface area contributed by atoms with Crippen molar-refractivity contribution in [2.75, 3.05) is 66.9 Å². The molecule has 0 aromatic rings. The number of halogens is 8. The van der Waals surface area contributed by atoms with Crippen LogP contribution in [0.25, 0.3) is 0 Å². The first-order chi connectivity index (χ1) is 15.5. The molecule has 2 aliphatic heterocycles. The minimum Gasteiger partial charge on any atom is -0.510 e. The zero-order valence-corrected chi connectivity index (χ0v) is 23.7. The Balaban J connectivity index is 0. The Kier molecular flexibility index (Phi) is 19.9. The number of hydrogen-bond acceptors (Lipinski definition) is 2. The molecule has 0 bridgehead atoms. The number of quaternary nitrogens is 2. The van der Waals surface area contributed by atoms with Crippen LogP contribution in [0.2, 0.25) is 0 Å². The summed E-state index contributed by atoms with van der Waals surface area (Å²) in [5.74, 6) is 0.790. The maximum Gasteiger partial charge on any atom is 1.04 e. The lowest BCUT2D eigenvalue weighted by Crippen LogP contribution is -2.48. The van der Waals surface area contributed by atoms with Crippen LogP contribution in [-0.2, 0) is 9.47 Å². The van der Waals surface area contributed by atoms with Crippen molar-refractivity contribution in [1.29, 1.82) is 0 Å². The Morgan fingerprint density at radius 1 is 0.676 bits per heavy atom. The first kappa shape index (κ1) is 36.5. The van der Waals surface area contributed by atoms with Gasteiger partial charge in [-0.15, -0.1) is 0 Å². The predicted octanol–water partition coefficient (Wildman–Crippen LogP) is 6.46. The molecule has 0 unspecified atom stereocenters. The van der Waals surface area contributed by atoms with Gasteiger partial charge in [-0.25, -0.2) is 0 Å². The highest BCUT2D eigenvalue weighted by atomic mass is 27.5. The molecule has 0 amide bonds. The minimum absolute atomic E-state index is 0.790. The van der Waals surface area contributed by atoms with E-state index in [1.807, 2.05) is 14.2 Å². The summed E-state index contributed by atoms with van der Waals surface area (Å²) in [5, 5.41) is 0. The Morgan fingerprint density at radius 3 is 1.29 bits per heavy atom. The number of rotatable bonds is 9. The number of hydrogen-bond donors (Lipinski definition) is 0. The number of likely N-dealkylation sites (tertiary alicyclic amines) is 2. The van der Waals surface area contributed by atoms with E-state index in [1.54, 1.807) is 0 Å². The number of unbranched alkanes of at least 4 members (excludes halogenated alkanes) is 1. The SMILES string of the molecule is CCCC[N+]1(COC)CCCC1.COC[N+]1(CC(C)C)CCCC1.[F][Al-]([F])([F])[F].[F][Al-]([F])([F])[F]. The van der Waals surface area contributed by atoms with E-state index < -0.39 is 29.8 Å². The molecule has 2 aliphatic rings. The topological polar surface area (TPSA) is 18.5 Å². The summed E-state index contributed by atoms with van der Waals surface area (Å²) in [4.78, 5) is 0. The van der Waals surface area contributed by atoms with Crippen molar-refractivity contribution in [3.63, 3.8) is 0 Å². The average molecular weight is 551 g/mol. The molecule has 0 N–H and O–H groups in total. The summed E-state index contributed by atoms with van der Waals surface area (Å²) in [6.45, 7) is 16.7. The van der Waals surface area contributed by atoms with Gasteiger partial charge in [0.25, 0.3) is 0 Å². The van der Waals surface area contributed by atoms with Gasteiger partial charge < -0.3 is 46.6 Å². The van der Waals surface area contributed by atoms with Crippen LogP contribution in [0, 0.1) is 5.92 Å². The fraction of sp³-hybridized carbons (Fsp3) is 1.00. The van der Waals surface area contributed by atoms with Gasteiger partial charge in [0.05, 0.1) is 39.3 Å². The molecule has 0 saturated carbocycles. The van der Waals surface area contributed by atoms with Crippen LogP contribution in [0.15, 0.2) is 0 Å². The molecule has 2 fully saturated rings. The smallest absolute Gasteiger partial charge is 0.510 e. The van der Waals surface area contributed by atoms with Gasteiger partial charge in [-0.2, -0.15) is 0 Å². The van der Waals surface area contributed by atoms with Gasteiger partial charge in [0.15, 0.2) is 13.5 Å². The summed E-state index contributed by atoms with van der Waals surface area (Å²) in [5.41, 5.74) is 0. The molecule has 0 aromatic carbocycles. The van der Waals surface area contributed by atoms with Gasteiger partial charge in [-0.05, 0) is 6.42 Å². The van der Waals surface area contributed by atoms with Crippen LogP contribution in [0.5, 0.6) is 0 Å². The summed E-state index contributed by atoms with van der Waals surface area (Å²) < 4.78 is 91.9. The van der Waals surface area contributed by atoms with Gasteiger partial charge in [-0.1, -0.05) is 27.2 Å². The van der Waals surface area contributed by atoms with Crippen LogP contribution in [0.4, 0.5) is 28.2 Å². The van der Waals surface area contributed by atoms with E-state index in [2.05, 4.69) is 20.8 Å². The standard InChI is InChI=1S/2C10H22NO.2Al.8FH/c1-10(2)8-11(9-12-3)6-4-5-7-11;1-3-4-7-11(10-12-2)8-5-6-9-11;;;;;;;;;;/h10H,4-9H2,1-3H3;3-10H2,1-2H3;;;8*1H/q2*+1;2*+3;;;;;;;;/p-8. The van der Waals surface area contributed by atoms with Crippen LogP contribution in [0.1, 0.15) is 59.3 Å². The lowest BCUT2D eigenvalue weighted by Gasteiger charge is -2.34. The quantitative estimate of drug-likeness (QED) is 0.187. The van der Waals surface area contributed by atoms with Crippen LogP contribution >= 0.6 is 0 Å². The number of ether oxygens (including phenoxy) is 2. The van der Waals surface area contributed by atoms with Crippen molar-refractivity contribution in [2.24, 2.45) is 5.92 Å². The van der Waals surface area contributed by atoms with Crippen molar-refractivity contribution >= 4 is 29.8 Å². The highest BCUT2D eigenvalue weighted by Gasteiger charge is 2.42. The van der Waals surface area contributed by atoms with Crippen LogP contribution in [0.3, 0.4) is 0 Å². The molecule has 0 atom stereocenters. The van der Waals surface area contributed by atoms with E-state index in [-0.39, 0.29) is 0 Å². The second-order valence-corrected chi connectivity index (χ2v) is 11.5. The van der Waals surface area contributed by atoms with Crippen LogP contribution < -0.4 is 0 Å². The van der Waals surface area contributed by atoms with E-state index in [0.717, 1.165) is 19.4 Å². The molecule has 2 rings (SSSR count). The third-order valence-electron chi connectivity index (χ3n) is 5.57. The molecule has 14 heteroatoms. The Labute approximate surface area is 208 Å². The number of methoxy groups -OCH3 is 2. The van der Waals surface area contributed by atoms with Crippen molar-refractivity contribution in [2.45, 2.75) is 59.3 Å². The van der Waals surface area contributed by atoms with E-state index in [9.17, 15) is 28.2 Å². The van der Waals surface area contributed by atoms with E-state index in [0.29, 0.717) is 0 Å². The molecular weight excluding hydrogens is 506 g/mol. The molecule has 4 nitrogen and oxygen atoms in total. The van der Waals surface area contributed by atoms with Crippen molar-refractivity contribution in [3.05, 3.63) is 0 Å². The van der Waals surface area contributed by atoms with Crippen LogP contribution in [-0.4, -0.2) is 106 Å².